The fraction of sp³-hybridized carbons (Fsp3) is 0.545. The van der Waals surface area contributed by atoms with Gasteiger partial charge in [-0.25, -0.2) is 9.67 Å². The third-order valence-electron chi connectivity index (χ3n) is 2.59. The van der Waals surface area contributed by atoms with Crippen molar-refractivity contribution in [3.63, 3.8) is 0 Å². The van der Waals surface area contributed by atoms with E-state index in [1.807, 2.05) is 25.7 Å². The summed E-state index contributed by atoms with van der Waals surface area (Å²) in [4.78, 5) is 4.59. The highest BCUT2D eigenvalue weighted by Crippen LogP contribution is 2.32. The molecule has 2 aromatic rings. The smallest absolute Gasteiger partial charge is 0.163 e. The predicted molar refractivity (Wildman–Crippen MR) is 70.4 cm³/mol. The molecule has 0 amide bonds. The molecular weight excluding hydrogens is 234 g/mol. The zero-order chi connectivity index (χ0) is 12.4. The van der Waals surface area contributed by atoms with Crippen molar-refractivity contribution in [2.75, 3.05) is 12.4 Å². The number of nitrogens with zero attached hydrogens (tertiary/aromatic N) is 4. The van der Waals surface area contributed by atoms with Crippen molar-refractivity contribution < 1.29 is 0 Å². The molecule has 6 heteroatoms. The molecule has 0 radical (unpaired) electrons. The molecule has 0 bridgehead atoms. The van der Waals surface area contributed by atoms with Crippen molar-refractivity contribution in [1.82, 2.24) is 19.1 Å². The van der Waals surface area contributed by atoms with Gasteiger partial charge in [0, 0.05) is 20.5 Å². The van der Waals surface area contributed by atoms with Crippen LogP contribution in [0.15, 0.2) is 0 Å². The summed E-state index contributed by atoms with van der Waals surface area (Å²) >= 11 is 1.46. The Morgan fingerprint density at radius 2 is 2.18 bits per heavy atom. The quantitative estimate of drug-likeness (QED) is 0.905. The average molecular weight is 251 g/mol. The second-order valence-electron chi connectivity index (χ2n) is 3.95. The highest BCUT2D eigenvalue weighted by Gasteiger charge is 2.17. The summed E-state index contributed by atoms with van der Waals surface area (Å²) in [7, 11) is 3.83. The Morgan fingerprint density at radius 1 is 1.41 bits per heavy atom. The summed E-state index contributed by atoms with van der Waals surface area (Å²) in [6.07, 6.45) is 1.97. The van der Waals surface area contributed by atoms with Gasteiger partial charge in [0.25, 0.3) is 0 Å². The maximum Gasteiger partial charge on any atom is 0.163 e. The van der Waals surface area contributed by atoms with Crippen molar-refractivity contribution >= 4 is 16.5 Å². The van der Waals surface area contributed by atoms with Gasteiger partial charge in [0.15, 0.2) is 11.6 Å². The zero-order valence-electron chi connectivity index (χ0n) is 10.6. The standard InChI is InChI=1S/C11H17N5S/c1-5-6-8-13-10(16(4)14-8)9-7(2)15-17-11(9)12-3/h12H,5-6H2,1-4H3. The van der Waals surface area contributed by atoms with Crippen molar-refractivity contribution in [3.05, 3.63) is 11.5 Å². The zero-order valence-corrected chi connectivity index (χ0v) is 11.4. The Balaban J connectivity index is 2.48. The van der Waals surface area contributed by atoms with Gasteiger partial charge in [-0.3, -0.25) is 0 Å². The summed E-state index contributed by atoms with van der Waals surface area (Å²) in [6, 6.07) is 0. The molecule has 0 saturated heterocycles. The topological polar surface area (TPSA) is 55.6 Å². The molecule has 0 fully saturated rings. The van der Waals surface area contributed by atoms with Crippen LogP contribution >= 0.6 is 11.5 Å². The van der Waals surface area contributed by atoms with Crippen molar-refractivity contribution in [2.45, 2.75) is 26.7 Å². The fourth-order valence-electron chi connectivity index (χ4n) is 1.79. The van der Waals surface area contributed by atoms with Crippen LogP contribution in [0.1, 0.15) is 24.9 Å². The maximum absolute atomic E-state index is 4.59. The van der Waals surface area contributed by atoms with E-state index in [1.54, 1.807) is 0 Å². The Morgan fingerprint density at radius 3 is 2.82 bits per heavy atom. The summed E-state index contributed by atoms with van der Waals surface area (Å²) in [5.74, 6) is 1.79. The third-order valence-corrected chi connectivity index (χ3v) is 3.55. The number of nitrogens with one attached hydrogen (secondary N) is 1. The van der Waals surface area contributed by atoms with Gasteiger partial charge in [0.2, 0.25) is 0 Å². The largest absolute Gasteiger partial charge is 0.378 e. The molecule has 1 N–H and O–H groups in total. The minimum atomic E-state index is 0.893. The van der Waals surface area contributed by atoms with Crippen LogP contribution in [-0.4, -0.2) is 26.2 Å². The minimum absolute atomic E-state index is 0.893. The van der Waals surface area contributed by atoms with Gasteiger partial charge in [-0.1, -0.05) is 6.92 Å². The van der Waals surface area contributed by atoms with E-state index in [0.717, 1.165) is 40.7 Å². The van der Waals surface area contributed by atoms with Crippen LogP contribution in [0.25, 0.3) is 11.4 Å². The van der Waals surface area contributed by atoms with Gasteiger partial charge in [-0.15, -0.1) is 0 Å². The molecule has 17 heavy (non-hydrogen) atoms. The normalized spacial score (nSPS) is 10.8. The first-order chi connectivity index (χ1) is 8.17. The number of rotatable bonds is 4. The summed E-state index contributed by atoms with van der Waals surface area (Å²) in [5.41, 5.74) is 2.06. The van der Waals surface area contributed by atoms with Crippen LogP contribution in [0.3, 0.4) is 0 Å². The van der Waals surface area contributed by atoms with Crippen LogP contribution < -0.4 is 5.32 Å². The number of aryl methyl sites for hydroxylation is 3. The van der Waals surface area contributed by atoms with Gasteiger partial charge in [0.1, 0.15) is 5.00 Å². The van der Waals surface area contributed by atoms with E-state index in [9.17, 15) is 0 Å². The second kappa shape index (κ2) is 4.83. The maximum atomic E-state index is 4.59. The number of hydrogen-bond acceptors (Lipinski definition) is 5. The molecule has 2 rings (SSSR count). The van der Waals surface area contributed by atoms with Crippen molar-refractivity contribution in [1.29, 1.82) is 0 Å². The van der Waals surface area contributed by atoms with Crippen LogP contribution in [0, 0.1) is 6.92 Å². The minimum Gasteiger partial charge on any atom is -0.378 e. The molecule has 0 aliphatic heterocycles. The first-order valence-corrected chi connectivity index (χ1v) is 6.49. The molecule has 0 unspecified atom stereocenters. The molecule has 0 aromatic carbocycles. The van der Waals surface area contributed by atoms with E-state index in [-0.39, 0.29) is 0 Å². The van der Waals surface area contributed by atoms with Gasteiger partial charge >= 0.3 is 0 Å². The Kier molecular flexibility index (Phi) is 3.42. The number of hydrogen-bond donors (Lipinski definition) is 1. The van der Waals surface area contributed by atoms with E-state index < -0.39 is 0 Å². The third kappa shape index (κ3) is 2.17. The first-order valence-electron chi connectivity index (χ1n) is 5.71. The lowest BCUT2D eigenvalue weighted by molar-refractivity contribution is 0.737. The molecule has 5 nitrogen and oxygen atoms in total. The van der Waals surface area contributed by atoms with E-state index >= 15 is 0 Å². The lowest BCUT2D eigenvalue weighted by Crippen LogP contribution is -1.97. The molecule has 92 valence electrons. The van der Waals surface area contributed by atoms with Crippen LogP contribution in [0.4, 0.5) is 5.00 Å². The first kappa shape index (κ1) is 12.0. The van der Waals surface area contributed by atoms with Gasteiger partial charge in [-0.05, 0) is 24.9 Å². The molecule has 0 aliphatic rings. The predicted octanol–water partition coefficient (Wildman–Crippen LogP) is 2.24. The van der Waals surface area contributed by atoms with Crippen molar-refractivity contribution in [3.8, 4) is 11.4 Å². The molecule has 0 atom stereocenters. The average Bonchev–Trinajstić information content (AvgIpc) is 2.82. The Hall–Kier alpha value is -1.43. The second-order valence-corrected chi connectivity index (χ2v) is 4.72. The molecular formula is C11H17N5S. The summed E-state index contributed by atoms with van der Waals surface area (Å²) in [5, 5.41) is 8.63. The van der Waals surface area contributed by atoms with Crippen molar-refractivity contribution in [2.24, 2.45) is 7.05 Å². The van der Waals surface area contributed by atoms with Crippen LogP contribution in [-0.2, 0) is 13.5 Å². The highest BCUT2D eigenvalue weighted by atomic mass is 32.1. The van der Waals surface area contributed by atoms with E-state index in [4.69, 9.17) is 0 Å². The summed E-state index contributed by atoms with van der Waals surface area (Å²) < 4.78 is 6.19. The summed E-state index contributed by atoms with van der Waals surface area (Å²) in [6.45, 7) is 4.13. The molecule has 0 spiro atoms. The monoisotopic (exact) mass is 251 g/mol. The SMILES string of the molecule is CCCc1nc(-c2c(C)nsc2NC)n(C)n1. The van der Waals surface area contributed by atoms with Gasteiger partial charge in [-0.2, -0.15) is 9.47 Å². The lowest BCUT2D eigenvalue weighted by atomic mass is 10.2. The van der Waals surface area contributed by atoms with Gasteiger partial charge < -0.3 is 5.32 Å². The Bertz CT molecular complexity index is 514. The van der Waals surface area contributed by atoms with Crippen LogP contribution in [0.2, 0.25) is 0 Å². The van der Waals surface area contributed by atoms with E-state index in [0.29, 0.717) is 0 Å². The molecule has 2 aromatic heterocycles. The lowest BCUT2D eigenvalue weighted by Gasteiger charge is -2.01. The van der Waals surface area contributed by atoms with Crippen LogP contribution in [0.5, 0.6) is 0 Å². The number of aromatic nitrogens is 4. The van der Waals surface area contributed by atoms with E-state index in [1.165, 1.54) is 11.5 Å². The van der Waals surface area contributed by atoms with E-state index in [2.05, 4.69) is 26.7 Å². The van der Waals surface area contributed by atoms with Gasteiger partial charge in [0.05, 0.1) is 11.3 Å². The number of anilines is 1. The highest BCUT2D eigenvalue weighted by molar-refractivity contribution is 7.10. The molecule has 0 aliphatic carbocycles. The molecule has 0 saturated carbocycles. The fourth-order valence-corrected chi connectivity index (χ4v) is 2.53. The Labute approximate surface area is 105 Å². The molecule has 2 heterocycles.